The van der Waals surface area contributed by atoms with E-state index in [1.807, 2.05) is 36.4 Å². The van der Waals surface area contributed by atoms with Gasteiger partial charge in [0.15, 0.2) is 17.1 Å². The summed E-state index contributed by atoms with van der Waals surface area (Å²) in [5.74, 6) is 0.681. The van der Waals surface area contributed by atoms with E-state index in [1.165, 1.54) is 0 Å². The summed E-state index contributed by atoms with van der Waals surface area (Å²) in [6.45, 7) is 0. The summed E-state index contributed by atoms with van der Waals surface area (Å²) in [5.41, 5.74) is 2.43. The number of benzene rings is 1. The maximum Gasteiger partial charge on any atom is 0.199 e. The lowest BCUT2D eigenvalue weighted by atomic mass is 10.1. The first kappa shape index (κ1) is 12.6. The Morgan fingerprint density at radius 2 is 1.89 bits per heavy atom. The van der Waals surface area contributed by atoms with Crippen molar-refractivity contribution in [3.8, 4) is 0 Å². The molecule has 19 heavy (non-hydrogen) atoms. The molecule has 0 saturated carbocycles. The maximum absolute atomic E-state index is 6.12. The van der Waals surface area contributed by atoms with Crippen molar-refractivity contribution >= 4 is 38.8 Å². The Labute approximate surface area is 123 Å². The molecule has 0 saturated heterocycles. The van der Waals surface area contributed by atoms with E-state index in [0.717, 1.165) is 21.6 Å². The zero-order valence-electron chi connectivity index (χ0n) is 9.94. The lowest BCUT2D eigenvalue weighted by molar-refractivity contribution is 0.528. The van der Waals surface area contributed by atoms with E-state index in [2.05, 4.69) is 25.9 Å². The van der Waals surface area contributed by atoms with Crippen LogP contribution in [0.15, 0.2) is 45.4 Å². The highest BCUT2D eigenvalue weighted by molar-refractivity contribution is 9.10. The zero-order valence-corrected chi connectivity index (χ0v) is 12.3. The second-order valence-electron chi connectivity index (χ2n) is 4.15. The Kier molecular flexibility index (Phi) is 3.53. The number of aromatic nitrogens is 2. The van der Waals surface area contributed by atoms with Gasteiger partial charge in [0, 0.05) is 11.4 Å². The molecular weight excluding hydrogens is 328 g/mol. The van der Waals surface area contributed by atoms with Crippen molar-refractivity contribution in [3.63, 3.8) is 0 Å². The number of aryl methyl sites for hydroxylation is 2. The lowest BCUT2D eigenvalue weighted by Crippen LogP contribution is -1.92. The van der Waals surface area contributed by atoms with Crippen LogP contribution < -0.4 is 0 Å². The highest BCUT2D eigenvalue weighted by Gasteiger charge is 2.08. The Morgan fingerprint density at radius 3 is 2.74 bits per heavy atom. The number of pyridine rings is 1. The van der Waals surface area contributed by atoms with Gasteiger partial charge in [0.25, 0.3) is 0 Å². The van der Waals surface area contributed by atoms with Crippen LogP contribution in [0.3, 0.4) is 0 Å². The first-order valence-corrected chi connectivity index (χ1v) is 7.05. The van der Waals surface area contributed by atoms with Gasteiger partial charge in [0.1, 0.15) is 4.60 Å². The summed E-state index contributed by atoms with van der Waals surface area (Å²) in [4.78, 5) is 8.62. The van der Waals surface area contributed by atoms with E-state index in [9.17, 15) is 0 Å². The third-order valence-electron chi connectivity index (χ3n) is 2.83. The molecule has 0 atom stereocenters. The highest BCUT2D eigenvalue weighted by atomic mass is 79.9. The van der Waals surface area contributed by atoms with Gasteiger partial charge in [-0.05, 0) is 46.1 Å². The van der Waals surface area contributed by atoms with Crippen LogP contribution in [0, 0.1) is 0 Å². The minimum absolute atomic E-state index is 0.628. The molecule has 0 bridgehead atoms. The standard InChI is InChI=1S/C14H10BrClN2O/c15-12-7-6-11-14(17-12)18-13(19-11)8-5-9-3-1-2-4-10(9)16/h1-4,6-7H,5,8H2. The molecule has 3 rings (SSSR count). The zero-order chi connectivity index (χ0) is 13.2. The van der Waals surface area contributed by atoms with E-state index in [0.29, 0.717) is 23.5 Å². The van der Waals surface area contributed by atoms with Crippen molar-refractivity contribution in [2.75, 3.05) is 0 Å². The number of oxazole rings is 1. The summed E-state index contributed by atoms with van der Waals surface area (Å²) in [7, 11) is 0. The van der Waals surface area contributed by atoms with Crippen LogP contribution in [0.5, 0.6) is 0 Å². The highest BCUT2D eigenvalue weighted by Crippen LogP contribution is 2.20. The number of halogens is 2. The Bertz CT molecular complexity index is 726. The molecule has 5 heteroatoms. The van der Waals surface area contributed by atoms with E-state index >= 15 is 0 Å². The molecule has 0 amide bonds. The number of fused-ring (bicyclic) bond motifs is 1. The van der Waals surface area contributed by atoms with Crippen molar-refractivity contribution in [1.29, 1.82) is 0 Å². The van der Waals surface area contributed by atoms with Gasteiger partial charge in [0.05, 0.1) is 0 Å². The number of rotatable bonds is 3. The second-order valence-corrected chi connectivity index (χ2v) is 5.37. The van der Waals surface area contributed by atoms with Gasteiger partial charge in [-0.15, -0.1) is 0 Å². The topological polar surface area (TPSA) is 38.9 Å². The van der Waals surface area contributed by atoms with Crippen molar-refractivity contribution in [2.45, 2.75) is 12.8 Å². The molecule has 0 aliphatic rings. The van der Waals surface area contributed by atoms with Gasteiger partial charge in [0.2, 0.25) is 0 Å². The van der Waals surface area contributed by atoms with Crippen molar-refractivity contribution in [2.24, 2.45) is 0 Å². The van der Waals surface area contributed by atoms with Gasteiger partial charge >= 0.3 is 0 Å². The monoisotopic (exact) mass is 336 g/mol. The lowest BCUT2D eigenvalue weighted by Gasteiger charge is -2.00. The predicted octanol–water partition coefficient (Wildman–Crippen LogP) is 4.42. The van der Waals surface area contributed by atoms with Crippen LogP contribution in [-0.4, -0.2) is 9.97 Å². The van der Waals surface area contributed by atoms with Gasteiger partial charge in [-0.25, -0.2) is 4.98 Å². The second kappa shape index (κ2) is 5.31. The first-order chi connectivity index (χ1) is 9.22. The van der Waals surface area contributed by atoms with Gasteiger partial charge in [-0.1, -0.05) is 29.8 Å². The largest absolute Gasteiger partial charge is 0.439 e. The third kappa shape index (κ3) is 2.80. The van der Waals surface area contributed by atoms with Crippen LogP contribution in [-0.2, 0) is 12.8 Å². The average molecular weight is 338 g/mol. The normalized spacial score (nSPS) is 11.1. The van der Waals surface area contributed by atoms with E-state index < -0.39 is 0 Å². The molecule has 3 nitrogen and oxygen atoms in total. The first-order valence-electron chi connectivity index (χ1n) is 5.88. The van der Waals surface area contributed by atoms with Gasteiger partial charge in [-0.3, -0.25) is 0 Å². The predicted molar refractivity (Wildman–Crippen MR) is 78.4 cm³/mol. The summed E-state index contributed by atoms with van der Waals surface area (Å²) in [5, 5.41) is 0.777. The molecule has 0 fully saturated rings. The van der Waals surface area contributed by atoms with Gasteiger partial charge < -0.3 is 4.42 Å². The molecule has 0 aliphatic heterocycles. The fourth-order valence-corrected chi connectivity index (χ4v) is 2.42. The average Bonchev–Trinajstić information content (AvgIpc) is 2.79. The van der Waals surface area contributed by atoms with E-state index in [1.54, 1.807) is 0 Å². The minimum Gasteiger partial charge on any atom is -0.439 e. The summed E-state index contributed by atoms with van der Waals surface area (Å²) < 4.78 is 6.40. The molecule has 96 valence electrons. The molecule has 0 unspecified atom stereocenters. The quantitative estimate of drug-likeness (QED) is 0.664. The molecule has 0 spiro atoms. The van der Waals surface area contributed by atoms with E-state index in [-0.39, 0.29) is 0 Å². The van der Waals surface area contributed by atoms with Crippen molar-refractivity contribution in [1.82, 2.24) is 9.97 Å². The number of hydrogen-bond acceptors (Lipinski definition) is 3. The minimum atomic E-state index is 0.628. The fourth-order valence-electron chi connectivity index (χ4n) is 1.89. The summed E-state index contributed by atoms with van der Waals surface area (Å²) in [6.07, 6.45) is 1.51. The molecule has 3 aromatic rings. The Balaban J connectivity index is 1.80. The smallest absolute Gasteiger partial charge is 0.199 e. The SMILES string of the molecule is Clc1ccccc1CCc1nc2nc(Br)ccc2o1. The van der Waals surface area contributed by atoms with Crippen LogP contribution in [0.25, 0.3) is 11.2 Å². The summed E-state index contributed by atoms with van der Waals surface area (Å²) in [6, 6.07) is 11.5. The molecule has 2 heterocycles. The van der Waals surface area contributed by atoms with Crippen LogP contribution in [0.4, 0.5) is 0 Å². The Hall–Kier alpha value is -1.39. The fraction of sp³-hybridized carbons (Fsp3) is 0.143. The molecule has 2 aromatic heterocycles. The van der Waals surface area contributed by atoms with Gasteiger partial charge in [-0.2, -0.15) is 4.98 Å². The maximum atomic E-state index is 6.12. The molecule has 1 aromatic carbocycles. The third-order valence-corrected chi connectivity index (χ3v) is 3.64. The molecule has 0 N–H and O–H groups in total. The van der Waals surface area contributed by atoms with Crippen molar-refractivity contribution < 1.29 is 4.42 Å². The molecule has 0 radical (unpaired) electrons. The Morgan fingerprint density at radius 1 is 1.05 bits per heavy atom. The number of hydrogen-bond donors (Lipinski definition) is 0. The van der Waals surface area contributed by atoms with Crippen molar-refractivity contribution in [3.05, 3.63) is 57.5 Å². The van der Waals surface area contributed by atoms with Crippen LogP contribution >= 0.6 is 27.5 Å². The number of nitrogens with zero attached hydrogens (tertiary/aromatic N) is 2. The van der Waals surface area contributed by atoms with Crippen LogP contribution in [0.2, 0.25) is 5.02 Å². The van der Waals surface area contributed by atoms with E-state index in [4.69, 9.17) is 16.0 Å². The molecule has 0 aliphatic carbocycles. The summed E-state index contributed by atoms with van der Waals surface area (Å²) >= 11 is 9.44. The molecular formula is C14H10BrClN2O. The van der Waals surface area contributed by atoms with Crippen LogP contribution in [0.1, 0.15) is 11.5 Å².